The summed E-state index contributed by atoms with van der Waals surface area (Å²) in [6, 6.07) is 0. The molecule has 2 aliphatic carbocycles. The van der Waals surface area contributed by atoms with Crippen LogP contribution in [-0.4, -0.2) is 16.9 Å². The van der Waals surface area contributed by atoms with Crippen LogP contribution >= 0.6 is 0 Å². The lowest BCUT2D eigenvalue weighted by Gasteiger charge is -2.58. The third kappa shape index (κ3) is 0.551. The van der Waals surface area contributed by atoms with E-state index in [9.17, 15) is 9.59 Å². The van der Waals surface area contributed by atoms with E-state index >= 15 is 0 Å². The Hall–Kier alpha value is -0.860. The fraction of sp³-hybridized carbons (Fsp3) is 0.778. The molecule has 0 aromatic rings. The van der Waals surface area contributed by atoms with Crippen molar-refractivity contribution in [2.45, 2.75) is 32.6 Å². The number of carbonyl (C=O) groups is 2. The van der Waals surface area contributed by atoms with Crippen LogP contribution in [0, 0.1) is 10.8 Å². The summed E-state index contributed by atoms with van der Waals surface area (Å²) < 4.78 is 0. The van der Waals surface area contributed by atoms with E-state index in [4.69, 9.17) is 5.11 Å². The molecule has 0 radical (unpaired) electrons. The third-order valence-electron chi connectivity index (χ3n) is 3.78. The molecule has 0 aromatic carbocycles. The summed E-state index contributed by atoms with van der Waals surface area (Å²) >= 11 is 0. The van der Waals surface area contributed by atoms with Gasteiger partial charge in [-0.1, -0.05) is 6.42 Å². The monoisotopic (exact) mass is 168 g/mol. The van der Waals surface area contributed by atoms with Crippen LogP contribution in [0.3, 0.4) is 0 Å². The molecule has 3 nitrogen and oxygen atoms in total. The Labute approximate surface area is 70.8 Å². The summed E-state index contributed by atoms with van der Waals surface area (Å²) in [7, 11) is 0. The van der Waals surface area contributed by atoms with E-state index in [2.05, 4.69) is 0 Å². The lowest BCUT2D eigenvalue weighted by atomic mass is 9.41. The van der Waals surface area contributed by atoms with Crippen LogP contribution in [0.4, 0.5) is 0 Å². The molecular formula is C9H12O3. The average Bonchev–Trinajstić information content (AvgIpc) is 1.81. The highest BCUT2D eigenvalue weighted by Crippen LogP contribution is 2.64. The molecule has 2 fully saturated rings. The minimum Gasteiger partial charge on any atom is -0.481 e. The number of carbonyl (C=O) groups excluding carboxylic acids is 1. The number of Topliss-reactive ketones (excluding diaryl/α,β-unsaturated/α-hetero) is 1. The van der Waals surface area contributed by atoms with Crippen molar-refractivity contribution in [2.24, 2.45) is 10.8 Å². The van der Waals surface area contributed by atoms with Gasteiger partial charge in [-0.3, -0.25) is 9.59 Å². The zero-order valence-corrected chi connectivity index (χ0v) is 7.09. The molecule has 2 saturated carbocycles. The predicted octanol–water partition coefficient (Wildman–Crippen LogP) is 1.22. The van der Waals surface area contributed by atoms with E-state index in [0.717, 1.165) is 19.3 Å². The van der Waals surface area contributed by atoms with Crippen molar-refractivity contribution in [1.82, 2.24) is 0 Å². The summed E-state index contributed by atoms with van der Waals surface area (Å²) in [4.78, 5) is 22.2. The highest BCUT2D eigenvalue weighted by molar-refractivity contribution is 6.02. The second kappa shape index (κ2) is 1.90. The molecule has 3 heteroatoms. The molecule has 0 bridgehead atoms. The summed E-state index contributed by atoms with van der Waals surface area (Å²) in [6.07, 6.45) is 2.82. The highest BCUT2D eigenvalue weighted by atomic mass is 16.4. The van der Waals surface area contributed by atoms with Crippen molar-refractivity contribution in [2.75, 3.05) is 0 Å². The van der Waals surface area contributed by atoms with Crippen molar-refractivity contribution >= 4 is 11.8 Å². The van der Waals surface area contributed by atoms with Crippen LogP contribution in [0.25, 0.3) is 0 Å². The van der Waals surface area contributed by atoms with Gasteiger partial charge in [-0.05, 0) is 19.8 Å². The Morgan fingerprint density at radius 2 is 2.08 bits per heavy atom. The number of aliphatic carboxylic acids is 1. The Kier molecular flexibility index (Phi) is 1.23. The first-order valence-corrected chi connectivity index (χ1v) is 4.30. The Bertz CT molecular complexity index is 257. The number of hydrogen-bond acceptors (Lipinski definition) is 2. The summed E-state index contributed by atoms with van der Waals surface area (Å²) in [6.45, 7) is 1.70. The molecule has 2 aliphatic rings. The van der Waals surface area contributed by atoms with Crippen molar-refractivity contribution < 1.29 is 14.7 Å². The zero-order chi connectivity index (χ0) is 8.98. The fourth-order valence-electron chi connectivity index (χ4n) is 2.50. The molecule has 1 unspecified atom stereocenters. The largest absolute Gasteiger partial charge is 0.481 e. The Morgan fingerprint density at radius 1 is 1.50 bits per heavy atom. The molecule has 1 N–H and O–H groups in total. The van der Waals surface area contributed by atoms with Crippen LogP contribution in [0.1, 0.15) is 32.6 Å². The fourth-order valence-corrected chi connectivity index (χ4v) is 2.50. The van der Waals surface area contributed by atoms with E-state index in [1.807, 2.05) is 0 Å². The molecule has 0 aromatic heterocycles. The third-order valence-corrected chi connectivity index (χ3v) is 3.78. The Morgan fingerprint density at radius 3 is 2.25 bits per heavy atom. The van der Waals surface area contributed by atoms with Crippen LogP contribution in [0.5, 0.6) is 0 Å². The number of carboxylic acid groups (broad SMARTS) is 1. The normalized spacial score (nSPS) is 37.2. The number of carboxylic acids is 1. The summed E-state index contributed by atoms with van der Waals surface area (Å²) in [5.74, 6) is -0.638. The van der Waals surface area contributed by atoms with E-state index in [0.29, 0.717) is 0 Å². The van der Waals surface area contributed by atoms with Crippen molar-refractivity contribution in [1.29, 1.82) is 0 Å². The van der Waals surface area contributed by atoms with E-state index in [-0.39, 0.29) is 12.2 Å². The topological polar surface area (TPSA) is 54.4 Å². The van der Waals surface area contributed by atoms with Crippen molar-refractivity contribution in [3.05, 3.63) is 0 Å². The number of ketones is 1. The van der Waals surface area contributed by atoms with Gasteiger partial charge < -0.3 is 5.11 Å². The second-order valence-corrected chi connectivity index (χ2v) is 4.17. The van der Waals surface area contributed by atoms with Gasteiger partial charge >= 0.3 is 5.97 Å². The minimum atomic E-state index is -0.804. The van der Waals surface area contributed by atoms with Gasteiger partial charge in [0.25, 0.3) is 0 Å². The maximum absolute atomic E-state index is 11.3. The van der Waals surface area contributed by atoms with Crippen LogP contribution in [0.15, 0.2) is 0 Å². The van der Waals surface area contributed by atoms with Gasteiger partial charge in [0.2, 0.25) is 0 Å². The maximum atomic E-state index is 11.3. The lowest BCUT2D eigenvalue weighted by Crippen LogP contribution is -2.64. The smallest absolute Gasteiger partial charge is 0.310 e. The van der Waals surface area contributed by atoms with E-state index < -0.39 is 16.8 Å². The summed E-state index contributed by atoms with van der Waals surface area (Å²) in [5, 5.41) is 8.96. The molecule has 66 valence electrons. The van der Waals surface area contributed by atoms with Gasteiger partial charge in [0.15, 0.2) is 0 Å². The van der Waals surface area contributed by atoms with E-state index in [1.54, 1.807) is 6.92 Å². The van der Waals surface area contributed by atoms with Gasteiger partial charge in [0, 0.05) is 11.8 Å². The zero-order valence-electron chi connectivity index (χ0n) is 7.09. The number of rotatable bonds is 1. The quantitative estimate of drug-likeness (QED) is 0.640. The molecule has 2 rings (SSSR count). The average molecular weight is 168 g/mol. The standard InChI is InChI=1S/C9H12O3/c1-8(7(11)12)5-6(10)9(8)3-2-4-9/h2-5H2,1H3,(H,11,12). The van der Waals surface area contributed by atoms with Gasteiger partial charge in [-0.15, -0.1) is 0 Å². The lowest BCUT2D eigenvalue weighted by molar-refractivity contribution is -0.191. The maximum Gasteiger partial charge on any atom is 0.310 e. The first kappa shape index (κ1) is 7.77. The van der Waals surface area contributed by atoms with Gasteiger partial charge in [-0.25, -0.2) is 0 Å². The SMILES string of the molecule is CC1(C(=O)O)CC(=O)C12CCC2. The minimum absolute atomic E-state index is 0.165. The molecular weight excluding hydrogens is 156 g/mol. The molecule has 0 heterocycles. The molecule has 0 amide bonds. The molecule has 1 spiro atoms. The van der Waals surface area contributed by atoms with Crippen molar-refractivity contribution in [3.8, 4) is 0 Å². The Balaban J connectivity index is 2.31. The molecule has 0 aliphatic heterocycles. The van der Waals surface area contributed by atoms with Crippen LogP contribution < -0.4 is 0 Å². The highest BCUT2D eigenvalue weighted by Gasteiger charge is 2.69. The van der Waals surface area contributed by atoms with Gasteiger partial charge in [-0.2, -0.15) is 0 Å². The molecule has 1 atom stereocenters. The molecule has 0 saturated heterocycles. The van der Waals surface area contributed by atoms with E-state index in [1.165, 1.54) is 0 Å². The predicted molar refractivity (Wildman–Crippen MR) is 41.7 cm³/mol. The van der Waals surface area contributed by atoms with Gasteiger partial charge in [0.1, 0.15) is 5.78 Å². The van der Waals surface area contributed by atoms with Crippen LogP contribution in [0.2, 0.25) is 0 Å². The van der Waals surface area contributed by atoms with Crippen LogP contribution in [-0.2, 0) is 9.59 Å². The first-order chi connectivity index (χ1) is 5.53. The van der Waals surface area contributed by atoms with Crippen molar-refractivity contribution in [3.63, 3.8) is 0 Å². The number of hydrogen-bond donors (Lipinski definition) is 1. The first-order valence-electron chi connectivity index (χ1n) is 4.30. The molecule has 12 heavy (non-hydrogen) atoms. The van der Waals surface area contributed by atoms with Gasteiger partial charge in [0.05, 0.1) is 5.41 Å². The summed E-state index contributed by atoms with van der Waals surface area (Å²) in [5.41, 5.74) is -1.21. The second-order valence-electron chi connectivity index (χ2n) is 4.17.